The van der Waals surface area contributed by atoms with Crippen LogP contribution in [0.25, 0.3) is 0 Å². The zero-order chi connectivity index (χ0) is 20.0. The lowest BCUT2D eigenvalue weighted by atomic mass is 9.96. The highest BCUT2D eigenvalue weighted by Gasteiger charge is 2.29. The molecular formula is C19H26ClN3O4. The average molecular weight is 396 g/mol. The topological polar surface area (TPSA) is 98.7 Å². The minimum absolute atomic E-state index is 0.0828. The third kappa shape index (κ3) is 6.43. The van der Waals surface area contributed by atoms with Crippen molar-refractivity contribution in [1.29, 1.82) is 0 Å². The summed E-state index contributed by atoms with van der Waals surface area (Å²) in [6, 6.07) is 5.61. The van der Waals surface area contributed by atoms with E-state index < -0.39 is 12.0 Å². The Morgan fingerprint density at radius 3 is 2.30 bits per heavy atom. The van der Waals surface area contributed by atoms with E-state index in [1.54, 1.807) is 29.2 Å². The summed E-state index contributed by atoms with van der Waals surface area (Å²) in [6.07, 6.45) is 1.45. The average Bonchev–Trinajstić information content (AvgIpc) is 2.62. The van der Waals surface area contributed by atoms with Crippen LogP contribution in [0.15, 0.2) is 24.3 Å². The fourth-order valence-corrected chi connectivity index (χ4v) is 3.18. The van der Waals surface area contributed by atoms with Crippen molar-refractivity contribution in [3.8, 4) is 0 Å². The van der Waals surface area contributed by atoms with Gasteiger partial charge in [0, 0.05) is 29.7 Å². The maximum absolute atomic E-state index is 12.4. The number of carboxylic acids is 1. The Kier molecular flexibility index (Phi) is 7.47. The second kappa shape index (κ2) is 9.60. The molecule has 0 spiro atoms. The van der Waals surface area contributed by atoms with E-state index in [9.17, 15) is 19.5 Å². The number of anilines is 1. The molecule has 0 radical (unpaired) electrons. The number of carbonyl (C=O) groups is 3. The predicted molar refractivity (Wildman–Crippen MR) is 104 cm³/mol. The number of carbonyl (C=O) groups excluding carboxylic acids is 2. The zero-order valence-corrected chi connectivity index (χ0v) is 16.3. The molecule has 7 nitrogen and oxygen atoms in total. The highest BCUT2D eigenvalue weighted by atomic mass is 35.5. The van der Waals surface area contributed by atoms with Crippen LogP contribution in [0, 0.1) is 11.8 Å². The Hall–Kier alpha value is -2.28. The molecular weight excluding hydrogens is 370 g/mol. The van der Waals surface area contributed by atoms with E-state index in [0.29, 0.717) is 43.1 Å². The minimum atomic E-state index is -1.03. The molecule has 8 heteroatoms. The second-order valence-electron chi connectivity index (χ2n) is 7.23. The lowest BCUT2D eigenvalue weighted by Gasteiger charge is -2.32. The first-order valence-electron chi connectivity index (χ1n) is 9.11. The molecule has 0 saturated carbocycles. The first kappa shape index (κ1) is 21.0. The normalized spacial score (nSPS) is 16.1. The van der Waals surface area contributed by atoms with Crippen LogP contribution >= 0.6 is 11.6 Å². The summed E-state index contributed by atoms with van der Waals surface area (Å²) < 4.78 is 0. The molecule has 1 aromatic carbocycles. The molecule has 2 rings (SSSR count). The van der Waals surface area contributed by atoms with Crippen molar-refractivity contribution < 1.29 is 19.5 Å². The molecule has 1 atom stereocenters. The molecule has 0 aliphatic carbocycles. The fourth-order valence-electron chi connectivity index (χ4n) is 3.06. The predicted octanol–water partition coefficient (Wildman–Crippen LogP) is 3.20. The minimum Gasteiger partial charge on any atom is -0.480 e. The number of aliphatic carboxylic acids is 1. The Balaban J connectivity index is 1.83. The number of nitrogens with zero attached hydrogens (tertiary/aromatic N) is 1. The lowest BCUT2D eigenvalue weighted by molar-refractivity contribution is -0.139. The van der Waals surface area contributed by atoms with Crippen LogP contribution in [0.4, 0.5) is 10.5 Å². The summed E-state index contributed by atoms with van der Waals surface area (Å²) >= 11 is 5.83. The molecule has 1 heterocycles. The van der Waals surface area contributed by atoms with Gasteiger partial charge in [-0.05, 0) is 49.4 Å². The molecule has 0 aromatic heterocycles. The summed E-state index contributed by atoms with van der Waals surface area (Å²) in [6.45, 7) is 4.65. The molecule has 3 amide bonds. The SMILES string of the molecule is CC(C)C[C@H](NC(=O)N1CCC(C(=O)Nc2ccc(Cl)cc2)CC1)C(=O)O. The van der Waals surface area contributed by atoms with Crippen molar-refractivity contribution in [3.63, 3.8) is 0 Å². The van der Waals surface area contributed by atoms with Gasteiger partial charge in [0.05, 0.1) is 0 Å². The number of halogens is 1. The number of likely N-dealkylation sites (tertiary alicyclic amines) is 1. The number of nitrogens with one attached hydrogen (secondary N) is 2. The van der Waals surface area contributed by atoms with Crippen LogP contribution in [-0.4, -0.2) is 47.0 Å². The van der Waals surface area contributed by atoms with Gasteiger partial charge in [-0.25, -0.2) is 9.59 Å². The highest BCUT2D eigenvalue weighted by molar-refractivity contribution is 6.30. The number of amides is 3. The summed E-state index contributed by atoms with van der Waals surface area (Å²) in [5, 5.41) is 15.3. The molecule has 1 aliphatic heterocycles. The van der Waals surface area contributed by atoms with E-state index in [0.717, 1.165) is 0 Å². The third-order valence-corrected chi connectivity index (χ3v) is 4.82. The second-order valence-corrected chi connectivity index (χ2v) is 7.66. The van der Waals surface area contributed by atoms with E-state index in [4.69, 9.17) is 11.6 Å². The zero-order valence-electron chi connectivity index (χ0n) is 15.6. The van der Waals surface area contributed by atoms with Gasteiger partial charge in [0.2, 0.25) is 5.91 Å². The van der Waals surface area contributed by atoms with Crippen molar-refractivity contribution in [3.05, 3.63) is 29.3 Å². The van der Waals surface area contributed by atoms with Crippen LogP contribution in [0.3, 0.4) is 0 Å². The number of piperidine rings is 1. The molecule has 27 heavy (non-hydrogen) atoms. The molecule has 0 bridgehead atoms. The Morgan fingerprint density at radius 2 is 1.78 bits per heavy atom. The third-order valence-electron chi connectivity index (χ3n) is 4.57. The van der Waals surface area contributed by atoms with E-state index in [1.165, 1.54) is 0 Å². The maximum atomic E-state index is 12.4. The molecule has 3 N–H and O–H groups in total. The summed E-state index contributed by atoms with van der Waals surface area (Å²) in [5.41, 5.74) is 0.683. The molecule has 0 unspecified atom stereocenters. The number of benzene rings is 1. The van der Waals surface area contributed by atoms with Gasteiger partial charge in [-0.15, -0.1) is 0 Å². The van der Waals surface area contributed by atoms with E-state index in [-0.39, 0.29) is 23.8 Å². The van der Waals surface area contributed by atoms with Crippen LogP contribution in [0.2, 0.25) is 5.02 Å². The van der Waals surface area contributed by atoms with Gasteiger partial charge in [-0.2, -0.15) is 0 Å². The quantitative estimate of drug-likeness (QED) is 0.688. The Bertz CT molecular complexity index is 670. The van der Waals surface area contributed by atoms with Gasteiger partial charge >= 0.3 is 12.0 Å². The Labute approximate surface area is 164 Å². The van der Waals surface area contributed by atoms with Gasteiger partial charge in [0.25, 0.3) is 0 Å². The molecule has 1 aliphatic rings. The fraction of sp³-hybridized carbons (Fsp3) is 0.526. The number of hydrogen-bond acceptors (Lipinski definition) is 3. The highest BCUT2D eigenvalue weighted by Crippen LogP contribution is 2.21. The molecule has 1 aromatic rings. The van der Waals surface area contributed by atoms with E-state index >= 15 is 0 Å². The summed E-state index contributed by atoms with van der Waals surface area (Å²) in [4.78, 5) is 37.6. The van der Waals surface area contributed by atoms with Crippen LogP contribution in [0.5, 0.6) is 0 Å². The first-order chi connectivity index (χ1) is 12.8. The summed E-state index contributed by atoms with van der Waals surface area (Å²) in [7, 11) is 0. The number of urea groups is 1. The molecule has 148 valence electrons. The van der Waals surface area contributed by atoms with Crippen molar-refractivity contribution in [2.75, 3.05) is 18.4 Å². The van der Waals surface area contributed by atoms with Crippen LogP contribution in [0.1, 0.15) is 33.1 Å². The van der Waals surface area contributed by atoms with Crippen molar-refractivity contribution >= 4 is 35.2 Å². The van der Waals surface area contributed by atoms with Gasteiger partial charge in [-0.3, -0.25) is 4.79 Å². The van der Waals surface area contributed by atoms with Crippen molar-refractivity contribution in [2.45, 2.75) is 39.2 Å². The summed E-state index contributed by atoms with van der Waals surface area (Å²) in [5.74, 6) is -1.14. The molecule has 1 saturated heterocycles. The Morgan fingerprint density at radius 1 is 1.19 bits per heavy atom. The van der Waals surface area contributed by atoms with Crippen molar-refractivity contribution in [2.24, 2.45) is 11.8 Å². The molecule has 1 fully saturated rings. The number of rotatable bonds is 6. The maximum Gasteiger partial charge on any atom is 0.326 e. The van der Waals surface area contributed by atoms with E-state index in [1.807, 2.05) is 13.8 Å². The van der Waals surface area contributed by atoms with Gasteiger partial charge in [0.1, 0.15) is 6.04 Å². The van der Waals surface area contributed by atoms with Crippen LogP contribution < -0.4 is 10.6 Å². The van der Waals surface area contributed by atoms with Crippen LogP contribution in [-0.2, 0) is 9.59 Å². The smallest absolute Gasteiger partial charge is 0.326 e. The van der Waals surface area contributed by atoms with Crippen molar-refractivity contribution in [1.82, 2.24) is 10.2 Å². The van der Waals surface area contributed by atoms with Gasteiger partial charge in [-0.1, -0.05) is 25.4 Å². The lowest BCUT2D eigenvalue weighted by Crippen LogP contribution is -2.51. The monoisotopic (exact) mass is 395 g/mol. The largest absolute Gasteiger partial charge is 0.480 e. The number of hydrogen-bond donors (Lipinski definition) is 3. The van der Waals surface area contributed by atoms with E-state index in [2.05, 4.69) is 10.6 Å². The van der Waals surface area contributed by atoms with Gasteiger partial charge < -0.3 is 20.6 Å². The standard InChI is InChI=1S/C19H26ClN3O4/c1-12(2)11-16(18(25)26)22-19(27)23-9-7-13(8-10-23)17(24)21-15-5-3-14(20)4-6-15/h3-6,12-13,16H,7-11H2,1-2H3,(H,21,24)(H,22,27)(H,25,26)/t16-/m0/s1. The first-order valence-corrected chi connectivity index (χ1v) is 9.48. The number of carboxylic acid groups (broad SMARTS) is 1. The van der Waals surface area contributed by atoms with Gasteiger partial charge in [0.15, 0.2) is 0 Å².